The van der Waals surface area contributed by atoms with Crippen LogP contribution >= 0.6 is 0 Å². The van der Waals surface area contributed by atoms with Crippen LogP contribution in [0.2, 0.25) is 0 Å². The predicted octanol–water partition coefficient (Wildman–Crippen LogP) is 6.21. The molecule has 2 fully saturated rings. The van der Waals surface area contributed by atoms with E-state index in [1.54, 1.807) is 0 Å². The van der Waals surface area contributed by atoms with Gasteiger partial charge in [0.05, 0.1) is 19.8 Å². The Hall–Kier alpha value is -1.76. The van der Waals surface area contributed by atoms with Crippen molar-refractivity contribution in [2.75, 3.05) is 26.4 Å². The summed E-state index contributed by atoms with van der Waals surface area (Å²) >= 11 is 0. The van der Waals surface area contributed by atoms with Crippen LogP contribution in [0.5, 0.6) is 0 Å². The summed E-state index contributed by atoms with van der Waals surface area (Å²) in [6.07, 6.45) is 16.7. The molecule has 15 nitrogen and oxygen atoms in total. The second-order valence-corrected chi connectivity index (χ2v) is 17.6. The van der Waals surface area contributed by atoms with Gasteiger partial charge >= 0.3 is 11.9 Å². The molecule has 0 bridgehead atoms. The summed E-state index contributed by atoms with van der Waals surface area (Å²) in [4.78, 5) is 25.7. The van der Waals surface area contributed by atoms with Crippen LogP contribution in [0.25, 0.3) is 0 Å². The zero-order valence-electron chi connectivity index (χ0n) is 38.8. The molecule has 11 atom stereocenters. The molecular formula is C48H88O15. The SMILES string of the molecule is CCCCCC/C=C/CCCCCCCCCC(=O)OC[C@H](CO[C@@H]1O[C@H](CO[C@@H]2O[C@H](CO)[C@H](O)C(O)C2O)[C@H](O)C(O)C1O)OC(=O)CCCCCCCCCCCCCC. The lowest BCUT2D eigenvalue weighted by Gasteiger charge is -2.42. The third kappa shape index (κ3) is 25.1. The van der Waals surface area contributed by atoms with Crippen molar-refractivity contribution < 1.29 is 73.8 Å². The van der Waals surface area contributed by atoms with E-state index in [0.29, 0.717) is 12.8 Å². The van der Waals surface area contributed by atoms with Gasteiger partial charge in [-0.05, 0) is 38.5 Å². The molecule has 0 aliphatic carbocycles. The quantitative estimate of drug-likeness (QED) is 0.0208. The first-order valence-corrected chi connectivity index (χ1v) is 24.8. The number of allylic oxidation sites excluding steroid dienone is 2. The van der Waals surface area contributed by atoms with E-state index in [9.17, 15) is 45.3 Å². The maximum absolute atomic E-state index is 12.9. The summed E-state index contributed by atoms with van der Waals surface area (Å²) in [5.74, 6) is -0.923. The van der Waals surface area contributed by atoms with Gasteiger partial charge in [0.1, 0.15) is 55.4 Å². The van der Waals surface area contributed by atoms with E-state index < -0.39 is 92.7 Å². The average molecular weight is 905 g/mol. The fraction of sp³-hybridized carbons (Fsp3) is 0.917. The number of ether oxygens (including phenoxy) is 6. The second kappa shape index (κ2) is 36.4. The van der Waals surface area contributed by atoms with Crippen molar-refractivity contribution in [1.29, 1.82) is 0 Å². The average Bonchev–Trinajstić information content (AvgIpc) is 3.28. The Bertz CT molecular complexity index is 1160. The Morgan fingerprint density at radius 1 is 0.492 bits per heavy atom. The molecule has 2 heterocycles. The number of esters is 2. The summed E-state index contributed by atoms with van der Waals surface area (Å²) in [6.45, 7) is 2.57. The highest BCUT2D eigenvalue weighted by atomic mass is 16.7. The van der Waals surface area contributed by atoms with Gasteiger partial charge in [-0.15, -0.1) is 0 Å². The van der Waals surface area contributed by atoms with E-state index in [1.165, 1.54) is 103 Å². The number of hydrogen-bond donors (Lipinski definition) is 7. The first-order chi connectivity index (χ1) is 30.5. The van der Waals surface area contributed by atoms with Gasteiger partial charge in [0.25, 0.3) is 0 Å². The first-order valence-electron chi connectivity index (χ1n) is 24.8. The van der Waals surface area contributed by atoms with Crippen LogP contribution in [0, 0.1) is 0 Å². The van der Waals surface area contributed by atoms with Crippen LogP contribution in [-0.2, 0) is 38.0 Å². The molecule has 0 aromatic heterocycles. The van der Waals surface area contributed by atoms with Gasteiger partial charge < -0.3 is 64.2 Å². The normalized spacial score (nSPS) is 26.9. The molecule has 0 aromatic rings. The maximum Gasteiger partial charge on any atom is 0.306 e. The molecular weight excluding hydrogens is 817 g/mol. The maximum atomic E-state index is 12.9. The third-order valence-electron chi connectivity index (χ3n) is 12.0. The number of unbranched alkanes of at least 4 members (excludes halogenated alkanes) is 22. The lowest BCUT2D eigenvalue weighted by Crippen LogP contribution is -2.61. The van der Waals surface area contributed by atoms with E-state index in [4.69, 9.17) is 28.4 Å². The lowest BCUT2D eigenvalue weighted by atomic mass is 9.98. The molecule has 0 amide bonds. The molecule has 4 unspecified atom stereocenters. The van der Waals surface area contributed by atoms with E-state index in [1.807, 2.05) is 0 Å². The minimum atomic E-state index is -1.76. The zero-order chi connectivity index (χ0) is 46.1. The topological polar surface area (TPSA) is 231 Å². The Labute approximate surface area is 378 Å². The van der Waals surface area contributed by atoms with E-state index in [0.717, 1.165) is 44.9 Å². The molecule has 0 spiro atoms. The fourth-order valence-corrected chi connectivity index (χ4v) is 7.86. The van der Waals surface area contributed by atoms with E-state index >= 15 is 0 Å². The van der Waals surface area contributed by atoms with E-state index in [2.05, 4.69) is 26.0 Å². The Kier molecular flexibility index (Phi) is 33.1. The molecule has 0 saturated carbocycles. The summed E-state index contributed by atoms with van der Waals surface area (Å²) in [5.41, 5.74) is 0. The molecule has 2 aliphatic rings. The number of aliphatic hydroxyl groups is 7. The number of aliphatic hydroxyl groups excluding tert-OH is 7. The van der Waals surface area contributed by atoms with Crippen molar-refractivity contribution in [3.8, 4) is 0 Å². The summed E-state index contributed by atoms with van der Waals surface area (Å²) in [6, 6.07) is 0. The van der Waals surface area contributed by atoms with Crippen molar-refractivity contribution >= 4 is 11.9 Å². The Morgan fingerprint density at radius 2 is 0.905 bits per heavy atom. The monoisotopic (exact) mass is 905 g/mol. The highest BCUT2D eigenvalue weighted by molar-refractivity contribution is 5.70. The summed E-state index contributed by atoms with van der Waals surface area (Å²) in [7, 11) is 0. The van der Waals surface area contributed by atoms with Crippen LogP contribution in [-0.4, -0.2) is 142 Å². The van der Waals surface area contributed by atoms with Gasteiger partial charge in [0.15, 0.2) is 18.7 Å². The van der Waals surface area contributed by atoms with Crippen LogP contribution < -0.4 is 0 Å². The van der Waals surface area contributed by atoms with Crippen LogP contribution in [0.1, 0.15) is 187 Å². The van der Waals surface area contributed by atoms with Crippen molar-refractivity contribution in [3.63, 3.8) is 0 Å². The van der Waals surface area contributed by atoms with Gasteiger partial charge in [0, 0.05) is 12.8 Å². The van der Waals surface area contributed by atoms with Crippen LogP contribution in [0.15, 0.2) is 12.2 Å². The number of hydrogen-bond acceptors (Lipinski definition) is 15. The van der Waals surface area contributed by atoms with Gasteiger partial charge in [-0.2, -0.15) is 0 Å². The van der Waals surface area contributed by atoms with Crippen molar-refractivity contribution in [3.05, 3.63) is 12.2 Å². The molecule has 15 heteroatoms. The fourth-order valence-electron chi connectivity index (χ4n) is 7.86. The third-order valence-corrected chi connectivity index (χ3v) is 12.0. The molecule has 370 valence electrons. The largest absolute Gasteiger partial charge is 0.462 e. The first kappa shape index (κ1) is 57.4. The van der Waals surface area contributed by atoms with Crippen LogP contribution in [0.3, 0.4) is 0 Å². The molecule has 2 rings (SSSR count). The smallest absolute Gasteiger partial charge is 0.306 e. The Balaban J connectivity index is 1.82. The summed E-state index contributed by atoms with van der Waals surface area (Å²) < 4.78 is 33.5. The van der Waals surface area contributed by atoms with Crippen molar-refractivity contribution in [2.45, 2.75) is 255 Å². The molecule has 2 aliphatic heterocycles. The molecule has 0 radical (unpaired) electrons. The van der Waals surface area contributed by atoms with Gasteiger partial charge in [-0.25, -0.2) is 0 Å². The van der Waals surface area contributed by atoms with Gasteiger partial charge in [-0.1, -0.05) is 148 Å². The number of rotatable bonds is 38. The van der Waals surface area contributed by atoms with E-state index in [-0.39, 0.29) is 26.1 Å². The number of carbonyl (C=O) groups is 2. The van der Waals surface area contributed by atoms with Crippen molar-refractivity contribution in [1.82, 2.24) is 0 Å². The Morgan fingerprint density at radius 3 is 1.41 bits per heavy atom. The molecule has 2 saturated heterocycles. The highest BCUT2D eigenvalue weighted by Crippen LogP contribution is 2.26. The van der Waals surface area contributed by atoms with Gasteiger partial charge in [0.2, 0.25) is 0 Å². The lowest BCUT2D eigenvalue weighted by molar-refractivity contribution is -0.332. The minimum absolute atomic E-state index is 0.169. The molecule has 7 N–H and O–H groups in total. The predicted molar refractivity (Wildman–Crippen MR) is 238 cm³/mol. The summed E-state index contributed by atoms with van der Waals surface area (Å²) in [5, 5.41) is 71.9. The van der Waals surface area contributed by atoms with Crippen molar-refractivity contribution in [2.24, 2.45) is 0 Å². The van der Waals surface area contributed by atoms with Crippen LogP contribution in [0.4, 0.5) is 0 Å². The minimum Gasteiger partial charge on any atom is -0.462 e. The zero-order valence-corrected chi connectivity index (χ0v) is 38.8. The van der Waals surface area contributed by atoms with Gasteiger partial charge in [-0.3, -0.25) is 9.59 Å². The molecule has 63 heavy (non-hydrogen) atoms. The highest BCUT2D eigenvalue weighted by Gasteiger charge is 2.47. The second-order valence-electron chi connectivity index (χ2n) is 17.6. The number of carbonyl (C=O) groups excluding carboxylic acids is 2. The standard InChI is InChI=1S/C48H88O15/c1-3-5-7-9-11-13-15-17-18-19-21-22-24-26-28-30-39(50)58-33-36(61-40(51)31-29-27-25-23-20-16-14-12-10-8-6-4-2)34-59-47-46(57)44(55)42(53)38(63-47)35-60-48-45(56)43(54)41(52)37(32-49)62-48/h13,15,36-38,41-49,52-57H,3-12,14,16-35H2,1-2H3/b15-13+/t36-,37-,38-,41+,42+,43?,44?,45?,46?,47-,48-/m1/s1. The molecule has 0 aromatic carbocycles.